The fraction of sp³-hybridized carbons (Fsp3) is 0.278. The number of furan rings is 1. The number of hydrogen-bond acceptors (Lipinski definition) is 5. The Morgan fingerprint density at radius 2 is 2.00 bits per heavy atom. The van der Waals surface area contributed by atoms with Crippen molar-refractivity contribution >= 4 is 16.7 Å². The van der Waals surface area contributed by atoms with Crippen molar-refractivity contribution in [1.82, 2.24) is 9.47 Å². The zero-order valence-corrected chi connectivity index (χ0v) is 14.1. The van der Waals surface area contributed by atoms with Crippen molar-refractivity contribution in [3.8, 4) is 0 Å². The van der Waals surface area contributed by atoms with Gasteiger partial charge in [0.15, 0.2) is 0 Å². The maximum atomic E-state index is 12.0. The molecule has 2 heterocycles. The van der Waals surface area contributed by atoms with Gasteiger partial charge in [-0.2, -0.15) is 0 Å². The summed E-state index contributed by atoms with van der Waals surface area (Å²) >= 11 is 0. The minimum Gasteiger partial charge on any atom is -0.461 e. The molecular weight excluding hydrogens is 322 g/mol. The van der Waals surface area contributed by atoms with Crippen LogP contribution in [0.15, 0.2) is 51.8 Å². The summed E-state index contributed by atoms with van der Waals surface area (Å²) in [6, 6.07) is 10.3. The van der Waals surface area contributed by atoms with Gasteiger partial charge in [-0.3, -0.25) is 24.4 Å². The molecule has 3 aromatic rings. The highest BCUT2D eigenvalue weighted by Crippen LogP contribution is 2.27. The molecule has 0 fully saturated rings. The highest BCUT2D eigenvalue weighted by molar-refractivity contribution is 5.82. The quantitative estimate of drug-likeness (QED) is 0.508. The Kier molecular flexibility index (Phi) is 4.67. The van der Waals surface area contributed by atoms with Crippen molar-refractivity contribution in [2.75, 3.05) is 7.05 Å². The van der Waals surface area contributed by atoms with E-state index in [1.54, 1.807) is 0 Å². The van der Waals surface area contributed by atoms with Crippen LogP contribution in [0.1, 0.15) is 18.2 Å². The minimum absolute atomic E-state index is 0.101. The minimum atomic E-state index is -0.505. The summed E-state index contributed by atoms with van der Waals surface area (Å²) in [4.78, 5) is 24.3. The standard InChI is InChI=1S/C18H19N3O4/c1-3-16-15(14-6-4-5-7-17(14)25-16)11-19(2)12-20-10-13(21(23)24)8-9-18(20)22/h4-10H,3,11-12H2,1-2H3. The van der Waals surface area contributed by atoms with Crippen molar-refractivity contribution < 1.29 is 9.34 Å². The van der Waals surface area contributed by atoms with Gasteiger partial charge < -0.3 is 4.42 Å². The van der Waals surface area contributed by atoms with E-state index >= 15 is 0 Å². The summed E-state index contributed by atoms with van der Waals surface area (Å²) in [7, 11) is 1.87. The van der Waals surface area contributed by atoms with Crippen molar-refractivity contribution in [3.63, 3.8) is 0 Å². The lowest BCUT2D eigenvalue weighted by molar-refractivity contribution is -0.385. The van der Waals surface area contributed by atoms with Crippen molar-refractivity contribution in [2.24, 2.45) is 0 Å². The van der Waals surface area contributed by atoms with Gasteiger partial charge in [0.25, 0.3) is 11.2 Å². The Morgan fingerprint density at radius 1 is 1.24 bits per heavy atom. The Morgan fingerprint density at radius 3 is 2.72 bits per heavy atom. The lowest BCUT2D eigenvalue weighted by Crippen LogP contribution is -2.29. The monoisotopic (exact) mass is 341 g/mol. The van der Waals surface area contributed by atoms with Gasteiger partial charge in [-0.25, -0.2) is 0 Å². The summed E-state index contributed by atoms with van der Waals surface area (Å²) in [6.45, 7) is 2.87. The first-order valence-corrected chi connectivity index (χ1v) is 8.02. The largest absolute Gasteiger partial charge is 0.461 e. The van der Waals surface area contributed by atoms with E-state index < -0.39 is 4.92 Å². The van der Waals surface area contributed by atoms with Crippen molar-refractivity contribution in [1.29, 1.82) is 0 Å². The zero-order chi connectivity index (χ0) is 18.0. The fourth-order valence-electron chi connectivity index (χ4n) is 2.93. The maximum Gasteiger partial charge on any atom is 0.285 e. The van der Waals surface area contributed by atoms with E-state index in [4.69, 9.17) is 4.42 Å². The average molecular weight is 341 g/mol. The van der Waals surface area contributed by atoms with Gasteiger partial charge in [-0.1, -0.05) is 25.1 Å². The summed E-state index contributed by atoms with van der Waals surface area (Å²) in [5.41, 5.74) is 1.55. The number of nitro groups is 1. The molecule has 7 heteroatoms. The molecule has 0 bridgehead atoms. The zero-order valence-electron chi connectivity index (χ0n) is 14.1. The van der Waals surface area contributed by atoms with Gasteiger partial charge in [0.1, 0.15) is 11.3 Å². The van der Waals surface area contributed by atoms with Crippen LogP contribution in [0.2, 0.25) is 0 Å². The molecule has 0 radical (unpaired) electrons. The van der Waals surface area contributed by atoms with Crippen LogP contribution in [0.5, 0.6) is 0 Å². The Bertz CT molecular complexity index is 974. The number of rotatable bonds is 6. The molecular formula is C18H19N3O4. The predicted molar refractivity (Wildman–Crippen MR) is 94.4 cm³/mol. The molecule has 0 atom stereocenters. The Balaban J connectivity index is 1.86. The molecule has 2 aromatic heterocycles. The van der Waals surface area contributed by atoms with Crippen LogP contribution < -0.4 is 5.56 Å². The fourth-order valence-corrected chi connectivity index (χ4v) is 2.93. The normalized spacial score (nSPS) is 11.3. The first-order chi connectivity index (χ1) is 12.0. The van der Waals surface area contributed by atoms with Crippen LogP contribution in [0.4, 0.5) is 5.69 Å². The average Bonchev–Trinajstić information content (AvgIpc) is 2.94. The van der Waals surface area contributed by atoms with Gasteiger partial charge in [0.2, 0.25) is 0 Å². The first kappa shape index (κ1) is 16.9. The Labute approximate surface area is 144 Å². The highest BCUT2D eigenvalue weighted by Gasteiger charge is 2.15. The molecule has 1 aromatic carbocycles. The van der Waals surface area contributed by atoms with Crippen LogP contribution in [-0.2, 0) is 19.6 Å². The van der Waals surface area contributed by atoms with Crippen molar-refractivity contribution in [3.05, 3.63) is 74.4 Å². The number of pyridine rings is 1. The number of fused-ring (bicyclic) bond motifs is 1. The molecule has 25 heavy (non-hydrogen) atoms. The molecule has 0 aliphatic rings. The third-order valence-electron chi connectivity index (χ3n) is 4.10. The smallest absolute Gasteiger partial charge is 0.285 e. The number of hydrogen-bond donors (Lipinski definition) is 0. The Hall–Kier alpha value is -2.93. The van der Waals surface area contributed by atoms with Crippen LogP contribution in [-0.4, -0.2) is 21.4 Å². The van der Waals surface area contributed by atoms with E-state index in [9.17, 15) is 14.9 Å². The topological polar surface area (TPSA) is 81.5 Å². The van der Waals surface area contributed by atoms with Gasteiger partial charge in [0, 0.05) is 36.0 Å². The summed E-state index contributed by atoms with van der Waals surface area (Å²) in [6.07, 6.45) is 2.04. The van der Waals surface area contributed by atoms with Crippen LogP contribution in [0.3, 0.4) is 0 Å². The van der Waals surface area contributed by atoms with Crippen LogP contribution in [0.25, 0.3) is 11.0 Å². The molecule has 3 rings (SSSR count). The highest BCUT2D eigenvalue weighted by atomic mass is 16.6. The number of aryl methyl sites for hydroxylation is 1. The second kappa shape index (κ2) is 6.90. The lowest BCUT2D eigenvalue weighted by atomic mass is 10.1. The summed E-state index contributed by atoms with van der Waals surface area (Å²) in [5, 5.41) is 12.0. The van der Waals surface area contributed by atoms with E-state index in [1.807, 2.05) is 43.1 Å². The molecule has 0 amide bonds. The third kappa shape index (κ3) is 3.46. The molecule has 0 spiro atoms. The molecule has 130 valence electrons. The summed E-state index contributed by atoms with van der Waals surface area (Å²) in [5.74, 6) is 0.916. The van der Waals surface area contributed by atoms with Crippen LogP contribution in [0, 0.1) is 10.1 Å². The van der Waals surface area contributed by atoms with Crippen molar-refractivity contribution in [2.45, 2.75) is 26.6 Å². The van der Waals surface area contributed by atoms with Gasteiger partial charge in [-0.05, 0) is 13.1 Å². The molecule has 7 nitrogen and oxygen atoms in total. The first-order valence-electron chi connectivity index (χ1n) is 8.02. The van der Waals surface area contributed by atoms with Crippen LogP contribution >= 0.6 is 0 Å². The van der Waals surface area contributed by atoms with Gasteiger partial charge in [0.05, 0.1) is 17.8 Å². The molecule has 0 N–H and O–H groups in total. The molecule has 0 aliphatic heterocycles. The number of aromatic nitrogens is 1. The van der Waals surface area contributed by atoms with E-state index in [0.29, 0.717) is 6.54 Å². The lowest BCUT2D eigenvalue weighted by Gasteiger charge is -2.18. The summed E-state index contributed by atoms with van der Waals surface area (Å²) < 4.78 is 7.23. The molecule has 0 unspecified atom stereocenters. The van der Waals surface area contributed by atoms with E-state index in [0.717, 1.165) is 28.7 Å². The third-order valence-corrected chi connectivity index (χ3v) is 4.10. The molecule has 0 saturated carbocycles. The number of para-hydroxylation sites is 1. The second-order valence-corrected chi connectivity index (χ2v) is 5.96. The predicted octanol–water partition coefficient (Wildman–Crippen LogP) is 3.15. The van der Waals surface area contributed by atoms with Gasteiger partial charge >= 0.3 is 0 Å². The molecule has 0 aliphatic carbocycles. The second-order valence-electron chi connectivity index (χ2n) is 5.96. The van der Waals surface area contributed by atoms with Gasteiger partial charge in [-0.15, -0.1) is 0 Å². The van der Waals surface area contributed by atoms with E-state index in [1.165, 1.54) is 22.9 Å². The van der Waals surface area contributed by atoms with E-state index in [2.05, 4.69) is 0 Å². The number of benzene rings is 1. The molecule has 0 saturated heterocycles. The number of nitrogens with zero attached hydrogens (tertiary/aromatic N) is 3. The van der Waals surface area contributed by atoms with E-state index in [-0.39, 0.29) is 17.9 Å². The SMILES string of the molecule is CCc1oc2ccccc2c1CN(C)Cn1cc([N+](=O)[O-])ccc1=O. The maximum absolute atomic E-state index is 12.0.